The third-order valence-corrected chi connectivity index (χ3v) is 3.81. The van der Waals surface area contributed by atoms with E-state index in [-0.39, 0.29) is 17.5 Å². The molecule has 6 nitrogen and oxygen atoms in total. The molecular weight excluding hydrogens is 308 g/mol. The topological polar surface area (TPSA) is 80.5 Å². The second-order valence-electron chi connectivity index (χ2n) is 5.35. The Morgan fingerprint density at radius 2 is 1.54 bits per heavy atom. The Kier molecular flexibility index (Phi) is 4.20. The smallest absolute Gasteiger partial charge is 0.269 e. The first kappa shape index (κ1) is 15.6. The summed E-state index contributed by atoms with van der Waals surface area (Å²) in [5.74, 6) is -0.529. The fourth-order valence-corrected chi connectivity index (χ4v) is 2.57. The van der Waals surface area contributed by atoms with E-state index in [1.165, 1.54) is 17.0 Å². The van der Waals surface area contributed by atoms with Crippen molar-refractivity contribution in [1.82, 2.24) is 4.90 Å². The van der Waals surface area contributed by atoms with E-state index in [4.69, 9.17) is 0 Å². The SMILES string of the molecule is O=C1c2ccccc2C(=O)N1CC/C=C\c1ccc([N+](=O)[O-])cc1. The number of non-ortho nitro benzene ring substituents is 1. The molecule has 6 heteroatoms. The molecule has 0 aromatic heterocycles. The van der Waals surface area contributed by atoms with Crippen LogP contribution in [0.15, 0.2) is 54.6 Å². The Balaban J connectivity index is 1.60. The Morgan fingerprint density at radius 3 is 2.08 bits per heavy atom. The average Bonchev–Trinajstić information content (AvgIpc) is 2.84. The average molecular weight is 322 g/mol. The van der Waals surface area contributed by atoms with E-state index < -0.39 is 4.92 Å². The van der Waals surface area contributed by atoms with Gasteiger partial charge in [-0.1, -0.05) is 24.3 Å². The molecule has 0 radical (unpaired) electrons. The number of imide groups is 1. The lowest BCUT2D eigenvalue weighted by atomic mass is 10.1. The molecule has 0 N–H and O–H groups in total. The minimum absolute atomic E-state index is 0.0400. The van der Waals surface area contributed by atoms with Crippen LogP contribution in [-0.2, 0) is 0 Å². The van der Waals surface area contributed by atoms with Crippen molar-refractivity contribution >= 4 is 23.6 Å². The van der Waals surface area contributed by atoms with E-state index >= 15 is 0 Å². The Labute approximate surface area is 138 Å². The zero-order valence-electron chi connectivity index (χ0n) is 12.7. The van der Waals surface area contributed by atoms with Crippen LogP contribution in [0.2, 0.25) is 0 Å². The van der Waals surface area contributed by atoms with Crippen molar-refractivity contribution in [3.63, 3.8) is 0 Å². The number of carbonyl (C=O) groups is 2. The molecule has 120 valence electrons. The first-order valence-corrected chi connectivity index (χ1v) is 7.44. The summed E-state index contributed by atoms with van der Waals surface area (Å²) in [5, 5.41) is 10.6. The number of carbonyl (C=O) groups excluding carboxylic acids is 2. The summed E-state index contributed by atoms with van der Waals surface area (Å²) in [4.78, 5) is 35.8. The van der Waals surface area contributed by atoms with Crippen molar-refractivity contribution < 1.29 is 14.5 Å². The van der Waals surface area contributed by atoms with Crippen molar-refractivity contribution in [2.75, 3.05) is 6.54 Å². The highest BCUT2D eigenvalue weighted by molar-refractivity contribution is 6.21. The second-order valence-corrected chi connectivity index (χ2v) is 5.35. The van der Waals surface area contributed by atoms with Gasteiger partial charge in [-0.25, -0.2) is 0 Å². The fourth-order valence-electron chi connectivity index (χ4n) is 2.57. The van der Waals surface area contributed by atoms with Gasteiger partial charge in [0.15, 0.2) is 0 Å². The van der Waals surface area contributed by atoms with Gasteiger partial charge in [0.1, 0.15) is 0 Å². The number of fused-ring (bicyclic) bond motifs is 1. The Hall–Kier alpha value is -3.28. The molecule has 2 aromatic carbocycles. The highest BCUT2D eigenvalue weighted by Crippen LogP contribution is 2.22. The van der Waals surface area contributed by atoms with Gasteiger partial charge in [-0.05, 0) is 36.2 Å². The standard InChI is InChI=1S/C18H14N2O4/c21-17-15-6-1-2-7-16(15)18(22)19(17)12-4-3-5-13-8-10-14(11-9-13)20(23)24/h1-3,5-11H,4,12H2/b5-3-. The van der Waals surface area contributed by atoms with Gasteiger partial charge in [0.05, 0.1) is 16.1 Å². The Morgan fingerprint density at radius 1 is 0.958 bits per heavy atom. The first-order valence-electron chi connectivity index (χ1n) is 7.44. The zero-order chi connectivity index (χ0) is 17.1. The summed E-state index contributed by atoms with van der Waals surface area (Å²) < 4.78 is 0. The molecule has 0 aliphatic carbocycles. The molecule has 3 rings (SSSR count). The van der Waals surface area contributed by atoms with Crippen LogP contribution < -0.4 is 0 Å². The normalized spacial score (nSPS) is 13.6. The van der Waals surface area contributed by atoms with E-state index in [9.17, 15) is 19.7 Å². The number of hydrogen-bond donors (Lipinski definition) is 0. The van der Waals surface area contributed by atoms with Crippen LogP contribution in [-0.4, -0.2) is 28.2 Å². The zero-order valence-corrected chi connectivity index (χ0v) is 12.7. The van der Waals surface area contributed by atoms with Gasteiger partial charge in [-0.3, -0.25) is 24.6 Å². The third-order valence-electron chi connectivity index (χ3n) is 3.81. The van der Waals surface area contributed by atoms with Crippen molar-refractivity contribution in [1.29, 1.82) is 0 Å². The summed E-state index contributed by atoms with van der Waals surface area (Å²) in [5.41, 5.74) is 1.75. The molecule has 2 amide bonds. The van der Waals surface area contributed by atoms with E-state index in [2.05, 4.69) is 0 Å². The van der Waals surface area contributed by atoms with Gasteiger partial charge < -0.3 is 0 Å². The molecule has 1 heterocycles. The predicted octanol–water partition coefficient (Wildman–Crippen LogP) is 3.29. The number of amides is 2. The van der Waals surface area contributed by atoms with Crippen LogP contribution >= 0.6 is 0 Å². The molecule has 0 unspecified atom stereocenters. The maximum Gasteiger partial charge on any atom is 0.269 e. The fraction of sp³-hybridized carbons (Fsp3) is 0.111. The summed E-state index contributed by atoms with van der Waals surface area (Å²) in [6.45, 7) is 0.301. The molecule has 0 atom stereocenters. The molecule has 2 aromatic rings. The molecule has 0 saturated heterocycles. The maximum absolute atomic E-state index is 12.2. The molecule has 0 fully saturated rings. The van der Waals surface area contributed by atoms with Crippen LogP contribution in [0, 0.1) is 10.1 Å². The van der Waals surface area contributed by atoms with Crippen LogP contribution in [0.3, 0.4) is 0 Å². The highest BCUT2D eigenvalue weighted by Gasteiger charge is 2.34. The maximum atomic E-state index is 12.2. The lowest BCUT2D eigenvalue weighted by Gasteiger charge is -2.11. The van der Waals surface area contributed by atoms with Gasteiger partial charge in [0, 0.05) is 18.7 Å². The molecule has 0 saturated carbocycles. The largest absolute Gasteiger partial charge is 0.274 e. The van der Waals surface area contributed by atoms with Gasteiger partial charge in [0.2, 0.25) is 0 Å². The summed E-state index contributed by atoms with van der Waals surface area (Å²) >= 11 is 0. The van der Waals surface area contributed by atoms with Crippen molar-refractivity contribution in [2.24, 2.45) is 0 Å². The summed E-state index contributed by atoms with van der Waals surface area (Å²) in [7, 11) is 0. The van der Waals surface area contributed by atoms with Crippen molar-refractivity contribution in [2.45, 2.75) is 6.42 Å². The first-order chi connectivity index (χ1) is 11.6. The molecule has 1 aliphatic rings. The lowest BCUT2D eigenvalue weighted by Crippen LogP contribution is -2.30. The Bertz CT molecular complexity index is 805. The molecule has 0 bridgehead atoms. The van der Waals surface area contributed by atoms with Crippen LogP contribution in [0.1, 0.15) is 32.7 Å². The highest BCUT2D eigenvalue weighted by atomic mass is 16.6. The van der Waals surface area contributed by atoms with Gasteiger partial charge in [-0.2, -0.15) is 0 Å². The van der Waals surface area contributed by atoms with E-state index in [0.717, 1.165) is 5.56 Å². The van der Waals surface area contributed by atoms with E-state index in [0.29, 0.717) is 24.1 Å². The monoisotopic (exact) mass is 322 g/mol. The van der Waals surface area contributed by atoms with E-state index in [1.54, 1.807) is 36.4 Å². The number of hydrogen-bond acceptors (Lipinski definition) is 4. The summed E-state index contributed by atoms with van der Waals surface area (Å²) in [6.07, 6.45) is 4.16. The molecule has 0 spiro atoms. The summed E-state index contributed by atoms with van der Waals surface area (Å²) in [6, 6.07) is 13.0. The number of nitro groups is 1. The minimum atomic E-state index is -0.449. The van der Waals surface area contributed by atoms with Gasteiger partial charge in [-0.15, -0.1) is 0 Å². The van der Waals surface area contributed by atoms with Crippen molar-refractivity contribution in [3.05, 3.63) is 81.4 Å². The van der Waals surface area contributed by atoms with Gasteiger partial charge >= 0.3 is 0 Å². The molecule has 1 aliphatic heterocycles. The number of nitrogens with zero attached hydrogens (tertiary/aromatic N) is 2. The predicted molar refractivity (Wildman–Crippen MR) is 88.6 cm³/mol. The number of rotatable bonds is 5. The van der Waals surface area contributed by atoms with Gasteiger partial charge in [0.25, 0.3) is 17.5 Å². The molecule has 24 heavy (non-hydrogen) atoms. The quantitative estimate of drug-likeness (QED) is 0.480. The second kappa shape index (κ2) is 6.45. The number of nitro benzene ring substituents is 1. The van der Waals surface area contributed by atoms with Crippen LogP contribution in [0.4, 0.5) is 5.69 Å². The van der Waals surface area contributed by atoms with Crippen LogP contribution in [0.25, 0.3) is 6.08 Å². The third kappa shape index (κ3) is 2.94. The lowest BCUT2D eigenvalue weighted by molar-refractivity contribution is -0.384. The van der Waals surface area contributed by atoms with E-state index in [1.807, 2.05) is 12.2 Å². The molecular formula is C18H14N2O4. The number of benzene rings is 2. The minimum Gasteiger partial charge on any atom is -0.274 e. The van der Waals surface area contributed by atoms with Crippen molar-refractivity contribution in [3.8, 4) is 0 Å². The van der Waals surface area contributed by atoms with Crippen LogP contribution in [0.5, 0.6) is 0 Å².